The van der Waals surface area contributed by atoms with Gasteiger partial charge in [0.1, 0.15) is 92.4 Å². The van der Waals surface area contributed by atoms with Crippen molar-refractivity contribution in [1.29, 1.82) is 0 Å². The maximum absolute atomic E-state index is 13.8. The van der Waals surface area contributed by atoms with Crippen molar-refractivity contribution in [3.63, 3.8) is 0 Å². The summed E-state index contributed by atoms with van der Waals surface area (Å²) in [4.78, 5) is 118. The first-order valence-corrected chi connectivity index (χ1v) is 30.4. The SMILES string of the molecule is CCCC(=O)OCC1OC(OC2C(C(=O)[O-])OC(OC3C(NC(C)=O)C(OC4C(C(=O)[O-])OC(C)C(OC(=O)CCC)C4O)OC(COC(=O)CCC)C3OS(=O)(=O)[O-])C(OC(=O)CCC)C2OC(=O)CCC)C(NC(C)=O)C(OC)C1OS(=O)(=O)[O-].[Na+].[Na+].[Na+].[Na+]. The minimum Gasteiger partial charge on any atom is -0.726 e. The van der Waals surface area contributed by atoms with Crippen LogP contribution in [-0.2, 0) is 134 Å². The number of hydrogen-bond acceptors (Lipinski definition) is 33. The minimum atomic E-state index is -6.07. The molecule has 20 unspecified atom stereocenters. The molecule has 20 atom stereocenters. The molecule has 4 saturated heterocycles. The molecule has 3 N–H and O–H groups in total. The van der Waals surface area contributed by atoms with Crippen LogP contribution in [0.3, 0.4) is 0 Å². The maximum atomic E-state index is 13.8. The maximum Gasteiger partial charge on any atom is 1.00 e. The number of aliphatic hydroxyl groups is 1. The number of carbonyl (C=O) groups is 9. The van der Waals surface area contributed by atoms with Crippen LogP contribution in [0.2, 0.25) is 0 Å². The molecule has 41 heteroatoms. The van der Waals surface area contributed by atoms with E-state index in [-0.39, 0.29) is 170 Å². The fourth-order valence-electron chi connectivity index (χ4n) is 9.70. The molecule has 0 aliphatic carbocycles. The monoisotopic (exact) mass is 1390 g/mol. The zero-order chi connectivity index (χ0) is 65.2. The number of nitrogens with one attached hydrogen (secondary N) is 2. The Bertz CT molecular complexity index is 2620. The largest absolute Gasteiger partial charge is 1.00 e. The number of carboxylic acids is 2. The molecule has 91 heavy (non-hydrogen) atoms. The Morgan fingerprint density at radius 3 is 1.20 bits per heavy atom. The van der Waals surface area contributed by atoms with Crippen molar-refractivity contribution in [1.82, 2.24) is 10.6 Å². The molecule has 4 rings (SSSR count). The van der Waals surface area contributed by atoms with Gasteiger partial charge in [-0.3, -0.25) is 41.9 Å². The van der Waals surface area contributed by atoms with Gasteiger partial charge in [-0.1, -0.05) is 34.6 Å². The molecule has 0 aromatic carbocycles. The van der Waals surface area contributed by atoms with Crippen molar-refractivity contribution in [2.45, 2.75) is 242 Å². The van der Waals surface area contributed by atoms with E-state index in [1.807, 2.05) is 0 Å². The Morgan fingerprint density at radius 2 is 0.813 bits per heavy atom. The quantitative estimate of drug-likeness (QED) is 0.0185. The Morgan fingerprint density at radius 1 is 0.462 bits per heavy atom. The van der Waals surface area contributed by atoms with Crippen molar-refractivity contribution in [3.05, 3.63) is 0 Å². The van der Waals surface area contributed by atoms with Gasteiger partial charge in [0.15, 0.2) is 37.2 Å². The minimum absolute atomic E-state index is 0. The van der Waals surface area contributed by atoms with Gasteiger partial charge in [0, 0.05) is 53.1 Å². The number of ether oxygens (including phenoxy) is 13. The van der Waals surface area contributed by atoms with E-state index < -0.39 is 223 Å². The van der Waals surface area contributed by atoms with Gasteiger partial charge in [0.25, 0.3) is 0 Å². The standard InChI is InChI=1S/C50H78N2O33S2.4Na/c1-10-15-27(55)72-20-25-36(84-86(65,66)67)38(71-9)32(51-23(7)53)48(75-25)82-41-42(78-30(58)18-13-4)45(79-31(59)19-14-5)50(83-44(41)47(63)64)80-39-33(52-24(8)54)49(76-26(21-73-28(56)16-11-2)37(39)85-87(68,69)70)81-40-34(60)35(77-29(57)17-12-3)22(6)74-43(40)46(61)62;;;;/h22,25-26,32-45,48-50,60H,10-21H2,1-9H3,(H,51,53)(H,52,54)(H,61,62)(H,63,64)(H,65,66,67)(H,68,69,70);;;;/q;4*+1/p-4. The zero-order valence-corrected chi connectivity index (χ0v) is 62.5. The molecule has 0 aromatic rings. The summed E-state index contributed by atoms with van der Waals surface area (Å²) in [6, 6.07) is -4.17. The summed E-state index contributed by atoms with van der Waals surface area (Å²) in [5.41, 5.74) is 0. The summed E-state index contributed by atoms with van der Waals surface area (Å²) in [5.74, 6) is -11.6. The van der Waals surface area contributed by atoms with Crippen LogP contribution in [0.25, 0.3) is 0 Å². The summed E-state index contributed by atoms with van der Waals surface area (Å²) >= 11 is 0. The average Bonchev–Trinajstić information content (AvgIpc) is 0.803. The third kappa shape index (κ3) is 27.5. The molecule has 0 aromatic heterocycles. The van der Waals surface area contributed by atoms with E-state index in [9.17, 15) is 84.4 Å². The number of aliphatic hydroxyl groups excluding tert-OH is 1. The Labute approximate surface area is 614 Å². The normalized spacial score (nSPS) is 31.3. The van der Waals surface area contributed by atoms with E-state index in [4.69, 9.17) is 69.9 Å². The first-order valence-electron chi connectivity index (χ1n) is 27.7. The third-order valence-electron chi connectivity index (χ3n) is 13.3. The number of methoxy groups -OCH3 is 1. The first-order chi connectivity index (χ1) is 40.8. The van der Waals surface area contributed by atoms with Crippen LogP contribution in [-0.4, -0.2) is 227 Å². The summed E-state index contributed by atoms with van der Waals surface area (Å²) < 4.78 is 160. The van der Waals surface area contributed by atoms with Crippen LogP contribution in [0.4, 0.5) is 0 Å². The van der Waals surface area contributed by atoms with Gasteiger partial charge in [-0.05, 0) is 39.0 Å². The first kappa shape index (κ1) is 89.6. The van der Waals surface area contributed by atoms with E-state index in [1.165, 1.54) is 20.8 Å². The topological polar surface area (TPSA) is 497 Å². The molecule has 4 fully saturated rings. The molecule has 0 saturated carbocycles. The van der Waals surface area contributed by atoms with Gasteiger partial charge < -0.3 is 106 Å². The number of rotatable bonds is 32. The molecular weight excluding hydrogens is 1310 g/mol. The summed E-state index contributed by atoms with van der Waals surface area (Å²) in [6.07, 6.45) is -41.4. The van der Waals surface area contributed by atoms with Gasteiger partial charge in [0.2, 0.25) is 32.6 Å². The second-order valence-electron chi connectivity index (χ2n) is 20.3. The summed E-state index contributed by atoms with van der Waals surface area (Å²) in [5, 5.41) is 42.8. The van der Waals surface area contributed by atoms with Gasteiger partial charge in [-0.15, -0.1) is 0 Å². The number of hydrogen-bond donors (Lipinski definition) is 3. The molecule has 0 bridgehead atoms. The summed E-state index contributed by atoms with van der Waals surface area (Å²) in [6.45, 7) is 8.71. The van der Waals surface area contributed by atoms with Crippen LogP contribution < -0.4 is 139 Å². The van der Waals surface area contributed by atoms with Crippen molar-refractivity contribution < 1.29 is 273 Å². The van der Waals surface area contributed by atoms with Gasteiger partial charge in [-0.25, -0.2) is 16.8 Å². The number of esters is 5. The fraction of sp³-hybridized carbons (Fsp3) is 0.820. The third-order valence-corrected chi connectivity index (χ3v) is 14.2. The van der Waals surface area contributed by atoms with Gasteiger partial charge in [0.05, 0.1) is 18.0 Å². The van der Waals surface area contributed by atoms with E-state index >= 15 is 0 Å². The van der Waals surface area contributed by atoms with Crippen LogP contribution in [0.1, 0.15) is 120 Å². The van der Waals surface area contributed by atoms with Crippen molar-refractivity contribution >= 4 is 74.4 Å². The second kappa shape index (κ2) is 42.4. The Hall–Kier alpha value is -1.39. The van der Waals surface area contributed by atoms with Crippen LogP contribution in [0.5, 0.6) is 0 Å². The predicted octanol–water partition coefficient (Wildman–Crippen LogP) is -16.5. The second-order valence-corrected chi connectivity index (χ2v) is 22.3. The van der Waals surface area contributed by atoms with Gasteiger partial charge >= 0.3 is 148 Å². The molecule has 0 radical (unpaired) electrons. The predicted molar refractivity (Wildman–Crippen MR) is 272 cm³/mol. The molecule has 35 nitrogen and oxygen atoms in total. The van der Waals surface area contributed by atoms with E-state index in [2.05, 4.69) is 10.6 Å². The van der Waals surface area contributed by atoms with E-state index in [0.717, 1.165) is 21.0 Å². The van der Waals surface area contributed by atoms with Crippen molar-refractivity contribution in [3.8, 4) is 0 Å². The number of carbonyl (C=O) groups excluding carboxylic acids is 9. The number of amides is 2. The molecule has 4 aliphatic rings. The Kier molecular flexibility index (Phi) is 41.8. The van der Waals surface area contributed by atoms with Crippen LogP contribution in [0, 0.1) is 0 Å². The number of carboxylic acid groups (broad SMARTS) is 2. The van der Waals surface area contributed by atoms with Crippen molar-refractivity contribution in [2.24, 2.45) is 0 Å². The fourth-order valence-corrected chi connectivity index (χ4v) is 10.7. The van der Waals surface area contributed by atoms with E-state index in [1.54, 1.807) is 20.8 Å². The Balaban J connectivity index is 0.0000202. The zero-order valence-electron chi connectivity index (χ0n) is 52.9. The molecule has 498 valence electrons. The van der Waals surface area contributed by atoms with E-state index in [0.29, 0.717) is 0 Å². The van der Waals surface area contributed by atoms with Crippen LogP contribution in [0.15, 0.2) is 0 Å². The summed E-state index contributed by atoms with van der Waals surface area (Å²) in [7, 11) is -10.8. The van der Waals surface area contributed by atoms with Gasteiger partial charge in [-0.2, -0.15) is 0 Å². The molecule has 0 spiro atoms. The molecule has 2 amide bonds. The average molecular weight is 1390 g/mol. The van der Waals surface area contributed by atoms with Crippen molar-refractivity contribution in [2.75, 3.05) is 20.3 Å². The molecule has 4 aliphatic heterocycles. The molecule has 4 heterocycles. The number of aliphatic carboxylic acids is 2. The molecular formula is C50H74N2Na4O33S2. The van der Waals surface area contributed by atoms with Crippen LogP contribution >= 0.6 is 0 Å². The smallest absolute Gasteiger partial charge is 0.726 e.